The number of rotatable bonds is 7. The van der Waals surface area contributed by atoms with E-state index >= 15 is 0 Å². The van der Waals surface area contributed by atoms with Crippen molar-refractivity contribution in [3.05, 3.63) is 58.0 Å². The van der Waals surface area contributed by atoms with Crippen molar-refractivity contribution >= 4 is 41.3 Å². The molecule has 1 aliphatic heterocycles. The zero-order valence-corrected chi connectivity index (χ0v) is 20.2. The largest absolute Gasteiger partial charge is 0.379 e. The highest BCUT2D eigenvalue weighted by Crippen LogP contribution is 2.26. The molecular weight excluding hydrogens is 502 g/mol. The number of ether oxygens (including phenoxy) is 1. The first-order valence-corrected chi connectivity index (χ1v) is 10.6. The Bertz CT molecular complexity index is 736. The van der Waals surface area contributed by atoms with Gasteiger partial charge < -0.3 is 15.0 Å². The normalized spacial score (nSPS) is 16.2. The molecule has 1 unspecified atom stereocenters. The highest BCUT2D eigenvalue weighted by atomic mass is 127. The van der Waals surface area contributed by atoms with E-state index in [1.165, 1.54) is 17.0 Å². The van der Waals surface area contributed by atoms with Crippen LogP contribution in [0.15, 0.2) is 46.8 Å². The number of hydrogen-bond acceptors (Lipinski definition) is 4. The minimum absolute atomic E-state index is 0. The maximum absolute atomic E-state index is 13.2. The number of nitrogens with zero attached hydrogens (tertiary/aromatic N) is 3. The summed E-state index contributed by atoms with van der Waals surface area (Å²) in [6.45, 7) is 7.64. The molecule has 0 spiro atoms. The summed E-state index contributed by atoms with van der Waals surface area (Å²) < 4.78 is 18.7. The summed E-state index contributed by atoms with van der Waals surface area (Å²) in [5.41, 5.74) is 1.05. The van der Waals surface area contributed by atoms with Crippen LogP contribution in [0.4, 0.5) is 4.39 Å². The van der Waals surface area contributed by atoms with Crippen LogP contribution in [0.5, 0.6) is 0 Å². The molecule has 0 aliphatic carbocycles. The van der Waals surface area contributed by atoms with Gasteiger partial charge in [-0.05, 0) is 36.1 Å². The van der Waals surface area contributed by atoms with Gasteiger partial charge in [-0.2, -0.15) is 0 Å². The quantitative estimate of drug-likeness (QED) is 0.333. The van der Waals surface area contributed by atoms with Gasteiger partial charge in [0.1, 0.15) is 5.82 Å². The van der Waals surface area contributed by atoms with Gasteiger partial charge in [-0.25, -0.2) is 4.39 Å². The van der Waals surface area contributed by atoms with Gasteiger partial charge in [0.05, 0.1) is 25.8 Å². The molecule has 8 heteroatoms. The van der Waals surface area contributed by atoms with Crippen molar-refractivity contribution in [1.29, 1.82) is 0 Å². The molecule has 1 fully saturated rings. The number of benzene rings is 1. The molecule has 3 rings (SSSR count). The van der Waals surface area contributed by atoms with Crippen LogP contribution in [0.2, 0.25) is 0 Å². The molecule has 1 saturated heterocycles. The summed E-state index contributed by atoms with van der Waals surface area (Å²) in [6, 6.07) is 11.2. The Labute approximate surface area is 194 Å². The molecule has 5 nitrogen and oxygen atoms in total. The number of morpholine rings is 1. The number of guanidine groups is 1. The van der Waals surface area contributed by atoms with E-state index < -0.39 is 0 Å². The third kappa shape index (κ3) is 7.20. The molecule has 1 atom stereocenters. The van der Waals surface area contributed by atoms with Crippen LogP contribution in [-0.2, 0) is 11.3 Å². The lowest BCUT2D eigenvalue weighted by Crippen LogP contribution is -2.42. The highest BCUT2D eigenvalue weighted by Gasteiger charge is 2.23. The topological polar surface area (TPSA) is 40.1 Å². The first kappa shape index (κ1) is 24.0. The molecule has 2 heterocycles. The number of thiophene rings is 1. The third-order valence-corrected chi connectivity index (χ3v) is 5.78. The molecule has 29 heavy (non-hydrogen) atoms. The van der Waals surface area contributed by atoms with Crippen molar-refractivity contribution in [3.63, 3.8) is 0 Å². The number of nitrogens with one attached hydrogen (secondary N) is 1. The smallest absolute Gasteiger partial charge is 0.194 e. The second-order valence-electron chi connectivity index (χ2n) is 6.86. The zero-order valence-electron chi connectivity index (χ0n) is 17.0. The van der Waals surface area contributed by atoms with E-state index in [0.29, 0.717) is 13.1 Å². The Morgan fingerprint density at radius 2 is 2.00 bits per heavy atom. The maximum atomic E-state index is 13.2. The van der Waals surface area contributed by atoms with Crippen molar-refractivity contribution in [3.8, 4) is 0 Å². The minimum Gasteiger partial charge on any atom is -0.379 e. The van der Waals surface area contributed by atoms with Crippen LogP contribution in [0.1, 0.15) is 23.4 Å². The molecule has 1 aromatic heterocycles. The summed E-state index contributed by atoms with van der Waals surface area (Å²) in [5.74, 6) is 0.651. The lowest BCUT2D eigenvalue weighted by Gasteiger charge is -2.33. The third-order valence-electron chi connectivity index (χ3n) is 4.80. The second kappa shape index (κ2) is 12.5. The van der Waals surface area contributed by atoms with E-state index in [0.717, 1.165) is 44.4 Å². The summed E-state index contributed by atoms with van der Waals surface area (Å²) in [5, 5.41) is 5.50. The molecule has 2 aromatic rings. The Hall–Kier alpha value is -1.23. The monoisotopic (exact) mass is 532 g/mol. The molecule has 1 N–H and O–H groups in total. The van der Waals surface area contributed by atoms with Crippen molar-refractivity contribution < 1.29 is 9.13 Å². The summed E-state index contributed by atoms with van der Waals surface area (Å²) in [6.07, 6.45) is 0. The molecule has 0 radical (unpaired) electrons. The van der Waals surface area contributed by atoms with Gasteiger partial charge in [-0.3, -0.25) is 9.89 Å². The first-order valence-electron chi connectivity index (χ1n) is 9.76. The zero-order chi connectivity index (χ0) is 19.8. The molecule has 0 bridgehead atoms. The molecule has 160 valence electrons. The number of aliphatic imine (C=N–C) groups is 1. The van der Waals surface area contributed by atoms with Gasteiger partial charge in [-0.15, -0.1) is 35.3 Å². The van der Waals surface area contributed by atoms with Crippen LogP contribution in [-0.4, -0.2) is 62.2 Å². The fourth-order valence-electron chi connectivity index (χ4n) is 3.34. The molecular formula is C21H30FIN4OS. The van der Waals surface area contributed by atoms with Crippen molar-refractivity contribution in [2.24, 2.45) is 4.99 Å². The van der Waals surface area contributed by atoms with Gasteiger partial charge in [0.15, 0.2) is 5.96 Å². The van der Waals surface area contributed by atoms with E-state index in [1.807, 2.05) is 19.2 Å². The van der Waals surface area contributed by atoms with Crippen molar-refractivity contribution in [1.82, 2.24) is 15.1 Å². The van der Waals surface area contributed by atoms with E-state index in [1.54, 1.807) is 11.3 Å². The van der Waals surface area contributed by atoms with E-state index in [2.05, 4.69) is 39.6 Å². The standard InChI is InChI=1S/C21H29FN4OS.HI/c1-3-23-21(25(2)16-17-6-8-18(22)9-7-17)24-15-19(20-5-4-14-28-20)26-10-12-27-13-11-26;/h4-9,14,19H,3,10-13,15-16H2,1-2H3,(H,23,24);1H. The van der Waals surface area contributed by atoms with Gasteiger partial charge in [0, 0.05) is 38.1 Å². The average molecular weight is 532 g/mol. The Morgan fingerprint density at radius 3 is 2.62 bits per heavy atom. The molecule has 0 amide bonds. The SMILES string of the molecule is CCNC(=NCC(c1cccs1)N1CCOCC1)N(C)Cc1ccc(F)cc1.I. The van der Waals surface area contributed by atoms with Crippen LogP contribution in [0, 0.1) is 5.82 Å². The fraction of sp³-hybridized carbons (Fsp3) is 0.476. The van der Waals surface area contributed by atoms with Crippen LogP contribution in [0.25, 0.3) is 0 Å². The minimum atomic E-state index is -0.212. The van der Waals surface area contributed by atoms with Crippen molar-refractivity contribution in [2.75, 3.05) is 46.4 Å². The lowest BCUT2D eigenvalue weighted by molar-refractivity contribution is 0.0186. The van der Waals surface area contributed by atoms with Crippen molar-refractivity contribution in [2.45, 2.75) is 19.5 Å². The fourth-order valence-corrected chi connectivity index (χ4v) is 4.19. The van der Waals surface area contributed by atoms with Crippen LogP contribution in [0.3, 0.4) is 0 Å². The average Bonchev–Trinajstić information content (AvgIpc) is 3.24. The van der Waals surface area contributed by atoms with Gasteiger partial charge in [-0.1, -0.05) is 18.2 Å². The summed E-state index contributed by atoms with van der Waals surface area (Å²) in [4.78, 5) is 10.8. The van der Waals surface area contributed by atoms with Gasteiger partial charge >= 0.3 is 0 Å². The number of hydrogen-bond donors (Lipinski definition) is 1. The Balaban J connectivity index is 0.00000300. The summed E-state index contributed by atoms with van der Waals surface area (Å²) in [7, 11) is 2.01. The van der Waals surface area contributed by atoms with Crippen LogP contribution >= 0.6 is 35.3 Å². The van der Waals surface area contributed by atoms with Gasteiger partial charge in [0.2, 0.25) is 0 Å². The molecule has 1 aliphatic rings. The predicted octanol–water partition coefficient (Wildman–Crippen LogP) is 3.98. The van der Waals surface area contributed by atoms with E-state index in [9.17, 15) is 4.39 Å². The Morgan fingerprint density at radius 1 is 1.28 bits per heavy atom. The number of halogens is 2. The first-order chi connectivity index (χ1) is 13.7. The van der Waals surface area contributed by atoms with E-state index in [4.69, 9.17) is 9.73 Å². The highest BCUT2D eigenvalue weighted by molar-refractivity contribution is 14.0. The van der Waals surface area contributed by atoms with Gasteiger partial charge in [0.25, 0.3) is 0 Å². The molecule has 1 aromatic carbocycles. The maximum Gasteiger partial charge on any atom is 0.194 e. The predicted molar refractivity (Wildman–Crippen MR) is 129 cm³/mol. The lowest BCUT2D eigenvalue weighted by atomic mass is 10.2. The second-order valence-corrected chi connectivity index (χ2v) is 7.84. The van der Waals surface area contributed by atoms with E-state index in [-0.39, 0.29) is 35.8 Å². The Kier molecular flexibility index (Phi) is 10.3. The van der Waals surface area contributed by atoms with Crippen LogP contribution < -0.4 is 5.32 Å². The molecule has 0 saturated carbocycles. The summed E-state index contributed by atoms with van der Waals surface area (Å²) >= 11 is 1.78.